The Kier molecular flexibility index (Phi) is 4.37. The number of halogens is 1. The standard InChI is InChI=1S/C14H18FNO3/c1-16(8-10-4-3-7-19-9-10)12-6-2-5-11(15)13(12)14(17)18/h2,5-6,10H,3-4,7-9H2,1H3,(H,17,18). The van der Waals surface area contributed by atoms with Crippen LogP contribution in [-0.4, -0.2) is 37.9 Å². The van der Waals surface area contributed by atoms with Gasteiger partial charge in [0.1, 0.15) is 11.4 Å². The van der Waals surface area contributed by atoms with Gasteiger partial charge >= 0.3 is 5.97 Å². The molecule has 0 aliphatic carbocycles. The third-order valence-electron chi connectivity index (χ3n) is 3.40. The van der Waals surface area contributed by atoms with Crippen molar-refractivity contribution in [2.75, 3.05) is 31.7 Å². The van der Waals surface area contributed by atoms with Crippen molar-refractivity contribution in [3.05, 3.63) is 29.6 Å². The number of benzene rings is 1. The first kappa shape index (κ1) is 13.8. The van der Waals surface area contributed by atoms with Crippen molar-refractivity contribution in [2.45, 2.75) is 12.8 Å². The van der Waals surface area contributed by atoms with Crippen LogP contribution in [-0.2, 0) is 4.74 Å². The third-order valence-corrected chi connectivity index (χ3v) is 3.40. The summed E-state index contributed by atoms with van der Waals surface area (Å²) in [6.07, 6.45) is 2.08. The first-order valence-electron chi connectivity index (χ1n) is 6.40. The molecule has 1 unspecified atom stereocenters. The van der Waals surface area contributed by atoms with Crippen LogP contribution in [0.15, 0.2) is 18.2 Å². The zero-order chi connectivity index (χ0) is 13.8. The molecule has 1 aromatic carbocycles. The van der Waals surface area contributed by atoms with Gasteiger partial charge in [-0.2, -0.15) is 0 Å². The first-order chi connectivity index (χ1) is 9.09. The van der Waals surface area contributed by atoms with Crippen molar-refractivity contribution in [1.82, 2.24) is 0 Å². The summed E-state index contributed by atoms with van der Waals surface area (Å²) >= 11 is 0. The molecule has 1 saturated heterocycles. The minimum absolute atomic E-state index is 0.262. The Morgan fingerprint density at radius 3 is 3.00 bits per heavy atom. The Morgan fingerprint density at radius 2 is 2.37 bits per heavy atom. The largest absolute Gasteiger partial charge is 0.478 e. The molecule has 0 aromatic heterocycles. The highest BCUT2D eigenvalue weighted by Gasteiger charge is 2.21. The van der Waals surface area contributed by atoms with Gasteiger partial charge in [-0.25, -0.2) is 9.18 Å². The molecule has 4 nitrogen and oxygen atoms in total. The predicted molar refractivity (Wildman–Crippen MR) is 70.2 cm³/mol. The van der Waals surface area contributed by atoms with E-state index in [2.05, 4.69) is 0 Å². The molecule has 1 aromatic rings. The maximum Gasteiger partial charge on any atom is 0.340 e. The van der Waals surface area contributed by atoms with E-state index in [1.165, 1.54) is 12.1 Å². The highest BCUT2D eigenvalue weighted by molar-refractivity contribution is 5.94. The van der Waals surface area contributed by atoms with E-state index in [1.807, 2.05) is 0 Å². The summed E-state index contributed by atoms with van der Waals surface area (Å²) in [4.78, 5) is 12.9. The first-order valence-corrected chi connectivity index (χ1v) is 6.40. The molecule has 1 heterocycles. The van der Waals surface area contributed by atoms with Crippen molar-refractivity contribution in [3.63, 3.8) is 0 Å². The number of carboxylic acids is 1. The number of carbonyl (C=O) groups is 1. The SMILES string of the molecule is CN(CC1CCCOC1)c1cccc(F)c1C(=O)O. The summed E-state index contributed by atoms with van der Waals surface area (Å²) in [6.45, 7) is 2.15. The van der Waals surface area contributed by atoms with Gasteiger partial charge in [0.25, 0.3) is 0 Å². The normalized spacial score (nSPS) is 19.2. The van der Waals surface area contributed by atoms with Crippen molar-refractivity contribution in [3.8, 4) is 0 Å². The Morgan fingerprint density at radius 1 is 1.58 bits per heavy atom. The summed E-state index contributed by atoms with van der Waals surface area (Å²) in [7, 11) is 1.79. The highest BCUT2D eigenvalue weighted by atomic mass is 19.1. The Hall–Kier alpha value is -1.62. The van der Waals surface area contributed by atoms with Crippen molar-refractivity contribution < 1.29 is 19.0 Å². The van der Waals surface area contributed by atoms with Gasteiger partial charge in [-0.05, 0) is 30.9 Å². The van der Waals surface area contributed by atoms with Crippen LogP contribution in [0.5, 0.6) is 0 Å². The van der Waals surface area contributed by atoms with E-state index >= 15 is 0 Å². The fourth-order valence-corrected chi connectivity index (χ4v) is 2.48. The number of rotatable bonds is 4. The van der Waals surface area contributed by atoms with Crippen LogP contribution in [0.1, 0.15) is 23.2 Å². The zero-order valence-corrected chi connectivity index (χ0v) is 10.9. The predicted octanol–water partition coefficient (Wildman–Crippen LogP) is 2.39. The Balaban J connectivity index is 2.16. The van der Waals surface area contributed by atoms with Gasteiger partial charge in [0, 0.05) is 20.2 Å². The van der Waals surface area contributed by atoms with Gasteiger partial charge in [0.05, 0.1) is 12.3 Å². The molecular weight excluding hydrogens is 249 g/mol. The highest BCUT2D eigenvalue weighted by Crippen LogP contribution is 2.24. The second kappa shape index (κ2) is 6.02. The number of ether oxygens (including phenoxy) is 1. The van der Waals surface area contributed by atoms with E-state index in [9.17, 15) is 9.18 Å². The van der Waals surface area contributed by atoms with E-state index < -0.39 is 11.8 Å². The van der Waals surface area contributed by atoms with Crippen molar-refractivity contribution in [1.29, 1.82) is 0 Å². The third kappa shape index (κ3) is 3.23. The van der Waals surface area contributed by atoms with Gasteiger partial charge in [0.15, 0.2) is 0 Å². The number of hydrogen-bond acceptors (Lipinski definition) is 3. The molecule has 1 aliphatic heterocycles. The molecule has 0 saturated carbocycles. The van der Waals surface area contributed by atoms with Crippen molar-refractivity contribution >= 4 is 11.7 Å². The van der Waals surface area contributed by atoms with E-state index in [0.717, 1.165) is 19.4 Å². The molecule has 1 aliphatic rings. The van der Waals surface area contributed by atoms with Crippen LogP contribution in [0.4, 0.5) is 10.1 Å². The fraction of sp³-hybridized carbons (Fsp3) is 0.500. The average molecular weight is 267 g/mol. The van der Waals surface area contributed by atoms with Crippen molar-refractivity contribution in [2.24, 2.45) is 5.92 Å². The Bertz CT molecular complexity index is 458. The maximum absolute atomic E-state index is 13.6. The number of nitrogens with zero attached hydrogens (tertiary/aromatic N) is 1. The summed E-state index contributed by atoms with van der Waals surface area (Å²) in [5, 5.41) is 9.11. The van der Waals surface area contributed by atoms with Gasteiger partial charge in [-0.3, -0.25) is 0 Å². The fourth-order valence-electron chi connectivity index (χ4n) is 2.48. The van der Waals surface area contributed by atoms with Gasteiger partial charge < -0.3 is 14.7 Å². The van der Waals surface area contributed by atoms with Crippen LogP contribution in [0.25, 0.3) is 0 Å². The second-order valence-corrected chi connectivity index (χ2v) is 4.90. The minimum atomic E-state index is -1.24. The molecule has 0 spiro atoms. The molecule has 2 rings (SSSR count). The minimum Gasteiger partial charge on any atom is -0.478 e. The average Bonchev–Trinajstić information content (AvgIpc) is 2.39. The molecule has 1 fully saturated rings. The molecule has 0 amide bonds. The zero-order valence-electron chi connectivity index (χ0n) is 10.9. The summed E-state index contributed by atoms with van der Waals surface area (Å²) in [6, 6.07) is 4.34. The lowest BCUT2D eigenvalue weighted by atomic mass is 10.0. The molecule has 1 atom stereocenters. The second-order valence-electron chi connectivity index (χ2n) is 4.90. The topological polar surface area (TPSA) is 49.8 Å². The number of anilines is 1. The van der Waals surface area contributed by atoms with E-state index in [0.29, 0.717) is 24.8 Å². The lowest BCUT2D eigenvalue weighted by Crippen LogP contribution is -2.31. The summed E-state index contributed by atoms with van der Waals surface area (Å²) in [5.41, 5.74) is 0.153. The van der Waals surface area contributed by atoms with Gasteiger partial charge in [0.2, 0.25) is 0 Å². The van der Waals surface area contributed by atoms with Crippen LogP contribution in [0.3, 0.4) is 0 Å². The van der Waals surface area contributed by atoms with E-state index in [1.54, 1.807) is 18.0 Å². The smallest absolute Gasteiger partial charge is 0.340 e. The van der Waals surface area contributed by atoms with Crippen LogP contribution >= 0.6 is 0 Å². The molecule has 0 bridgehead atoms. The van der Waals surface area contributed by atoms with E-state index in [-0.39, 0.29) is 5.56 Å². The van der Waals surface area contributed by atoms with Gasteiger partial charge in [-0.15, -0.1) is 0 Å². The Labute approximate surface area is 111 Å². The van der Waals surface area contributed by atoms with Gasteiger partial charge in [-0.1, -0.05) is 6.07 Å². The molecule has 104 valence electrons. The van der Waals surface area contributed by atoms with E-state index in [4.69, 9.17) is 9.84 Å². The molecular formula is C14H18FNO3. The quantitative estimate of drug-likeness (QED) is 0.910. The molecule has 5 heteroatoms. The van der Waals surface area contributed by atoms with Crippen LogP contribution in [0.2, 0.25) is 0 Å². The van der Waals surface area contributed by atoms with Crippen LogP contribution in [0, 0.1) is 11.7 Å². The number of carboxylic acid groups (broad SMARTS) is 1. The molecule has 1 N–H and O–H groups in total. The van der Waals surface area contributed by atoms with Crippen LogP contribution < -0.4 is 4.90 Å². The molecule has 19 heavy (non-hydrogen) atoms. The maximum atomic E-state index is 13.6. The summed E-state index contributed by atoms with van der Waals surface area (Å²) in [5.74, 6) is -1.57. The lowest BCUT2D eigenvalue weighted by Gasteiger charge is -2.29. The number of hydrogen-bond donors (Lipinski definition) is 1. The summed E-state index contributed by atoms with van der Waals surface area (Å²) < 4.78 is 19.0. The lowest BCUT2D eigenvalue weighted by molar-refractivity contribution is 0.0576. The molecule has 0 radical (unpaired) electrons. The number of aromatic carboxylic acids is 1. The monoisotopic (exact) mass is 267 g/mol.